The van der Waals surface area contributed by atoms with Gasteiger partial charge in [0.25, 0.3) is 0 Å². The Morgan fingerprint density at radius 2 is 2.08 bits per heavy atom. The minimum atomic E-state index is -0.671. The van der Waals surface area contributed by atoms with E-state index in [1.54, 1.807) is 5.38 Å². The summed E-state index contributed by atoms with van der Waals surface area (Å²) >= 11 is 1.32. The summed E-state index contributed by atoms with van der Waals surface area (Å²) < 4.78 is 9.84. The quantitative estimate of drug-likeness (QED) is 0.581. The van der Waals surface area contributed by atoms with Gasteiger partial charge in [-0.25, -0.2) is 9.78 Å². The molecule has 1 heterocycles. The monoisotopic (exact) mass is 365 g/mol. The third kappa shape index (κ3) is 6.00. The zero-order valence-corrected chi connectivity index (χ0v) is 15.1. The molecule has 25 heavy (non-hydrogen) atoms. The molecule has 0 fully saturated rings. The van der Waals surface area contributed by atoms with Gasteiger partial charge in [0.1, 0.15) is 11.9 Å². The molecule has 0 saturated carbocycles. The molecule has 0 amide bonds. The van der Waals surface area contributed by atoms with Crippen LogP contribution in [-0.2, 0) is 9.53 Å². The smallest absolute Gasteiger partial charge is 0.343 e. The lowest BCUT2D eigenvalue weighted by Gasteiger charge is -2.15. The summed E-state index contributed by atoms with van der Waals surface area (Å²) in [6.07, 6.45) is -0.671. The van der Waals surface area contributed by atoms with E-state index in [-0.39, 0.29) is 12.5 Å². The van der Waals surface area contributed by atoms with Gasteiger partial charge in [0.15, 0.2) is 11.7 Å². The zero-order chi connectivity index (χ0) is 18.2. The summed E-state index contributed by atoms with van der Waals surface area (Å²) in [4.78, 5) is 15.1. The maximum atomic E-state index is 11.1. The number of nitrogens with zero attached hydrogens (tertiary/aromatic N) is 1. The molecule has 0 bridgehead atoms. The summed E-state index contributed by atoms with van der Waals surface area (Å²) in [7, 11) is 1.32. The maximum Gasteiger partial charge on any atom is 0.343 e. The molecule has 0 aliphatic heterocycles. The van der Waals surface area contributed by atoms with E-state index in [1.165, 1.54) is 18.4 Å². The predicted octanol–water partition coefficient (Wildman–Crippen LogP) is 1.70. The Hall–Kier alpha value is -2.16. The molecule has 8 heteroatoms. The Balaban J connectivity index is 1.76. The summed E-state index contributed by atoms with van der Waals surface area (Å²) in [5.74, 6) is 0.454. The number of thiazole rings is 1. The first kappa shape index (κ1) is 19.2. The normalized spacial score (nSPS) is 13.2. The highest BCUT2D eigenvalue weighted by molar-refractivity contribution is 7.13. The fraction of sp³-hybridized carbons (Fsp3) is 0.412. The van der Waals surface area contributed by atoms with Crippen LogP contribution in [0.3, 0.4) is 0 Å². The highest BCUT2D eigenvalue weighted by Crippen LogP contribution is 2.20. The molecular weight excluding hydrogens is 342 g/mol. The van der Waals surface area contributed by atoms with Gasteiger partial charge >= 0.3 is 5.97 Å². The van der Waals surface area contributed by atoms with Crippen molar-refractivity contribution in [2.75, 3.05) is 32.5 Å². The number of carbonyl (C=O) groups is 1. The largest absolute Gasteiger partial charge is 0.482 e. The Morgan fingerprint density at radius 1 is 1.36 bits per heavy atom. The number of carbonyl (C=O) groups excluding carboxylic acids is 1. The minimum Gasteiger partial charge on any atom is -0.482 e. The number of hydrogen-bond acceptors (Lipinski definition) is 8. The standard InChI is InChI=1S/C17H23N3O4S/c1-11(7-19-8-15(21)14-10-25-17(18)20-14)12-3-5-13(6-4-12)24-9-16(22)23-2/h3-6,10-11,15,19,21H,7-9H2,1-2H3,(H2,18,20). The molecule has 1 aromatic heterocycles. The molecule has 0 spiro atoms. The van der Waals surface area contributed by atoms with Crippen LogP contribution in [0.1, 0.15) is 30.2 Å². The van der Waals surface area contributed by atoms with Crippen LogP contribution in [0.15, 0.2) is 29.6 Å². The third-order valence-electron chi connectivity index (χ3n) is 3.70. The molecular formula is C17H23N3O4S. The minimum absolute atomic E-state index is 0.105. The molecule has 4 N–H and O–H groups in total. The van der Waals surface area contributed by atoms with Crippen LogP contribution < -0.4 is 15.8 Å². The molecule has 1 aromatic carbocycles. The molecule has 2 atom stereocenters. The number of hydrogen-bond donors (Lipinski definition) is 3. The van der Waals surface area contributed by atoms with Crippen molar-refractivity contribution in [2.45, 2.75) is 18.9 Å². The maximum absolute atomic E-state index is 11.1. The van der Waals surface area contributed by atoms with E-state index >= 15 is 0 Å². The van der Waals surface area contributed by atoms with Gasteiger partial charge in [0, 0.05) is 18.5 Å². The molecule has 0 aliphatic rings. The first-order chi connectivity index (χ1) is 12.0. The Labute approximate surface area is 150 Å². The lowest BCUT2D eigenvalue weighted by molar-refractivity contribution is -0.142. The fourth-order valence-electron chi connectivity index (χ4n) is 2.21. The third-order valence-corrected chi connectivity index (χ3v) is 4.39. The number of aliphatic hydroxyl groups excluding tert-OH is 1. The number of ether oxygens (including phenoxy) is 2. The van der Waals surface area contributed by atoms with Gasteiger partial charge in [-0.1, -0.05) is 19.1 Å². The molecule has 7 nitrogen and oxygen atoms in total. The van der Waals surface area contributed by atoms with Crippen LogP contribution in [0.4, 0.5) is 5.13 Å². The van der Waals surface area contributed by atoms with Gasteiger partial charge in [0.05, 0.1) is 12.8 Å². The fourth-order valence-corrected chi connectivity index (χ4v) is 2.82. The number of aliphatic hydroxyl groups is 1. The van der Waals surface area contributed by atoms with E-state index in [9.17, 15) is 9.90 Å². The van der Waals surface area contributed by atoms with Crippen LogP contribution in [0.2, 0.25) is 0 Å². The van der Waals surface area contributed by atoms with Crippen molar-refractivity contribution in [3.63, 3.8) is 0 Å². The number of nitrogens with two attached hydrogens (primary N) is 1. The van der Waals surface area contributed by atoms with Crippen LogP contribution >= 0.6 is 11.3 Å². The van der Waals surface area contributed by atoms with Crippen molar-refractivity contribution in [1.29, 1.82) is 0 Å². The van der Waals surface area contributed by atoms with Gasteiger partial charge < -0.3 is 25.6 Å². The highest BCUT2D eigenvalue weighted by Gasteiger charge is 2.12. The van der Waals surface area contributed by atoms with Crippen molar-refractivity contribution in [3.8, 4) is 5.75 Å². The van der Waals surface area contributed by atoms with E-state index in [1.807, 2.05) is 24.3 Å². The second-order valence-electron chi connectivity index (χ2n) is 5.62. The van der Waals surface area contributed by atoms with E-state index in [4.69, 9.17) is 10.5 Å². The van der Waals surface area contributed by atoms with Gasteiger partial charge in [-0.3, -0.25) is 0 Å². The average molecular weight is 365 g/mol. The van der Waals surface area contributed by atoms with Crippen molar-refractivity contribution in [3.05, 3.63) is 40.9 Å². The predicted molar refractivity (Wildman–Crippen MR) is 96.7 cm³/mol. The lowest BCUT2D eigenvalue weighted by Crippen LogP contribution is -2.25. The zero-order valence-electron chi connectivity index (χ0n) is 14.3. The number of nitrogen functional groups attached to an aromatic ring is 1. The number of methoxy groups -OCH3 is 1. The van der Waals surface area contributed by atoms with Gasteiger partial charge in [0.2, 0.25) is 0 Å². The summed E-state index contributed by atoms with van der Waals surface area (Å²) in [6, 6.07) is 7.55. The van der Waals surface area contributed by atoms with Crippen LogP contribution in [0.5, 0.6) is 5.75 Å². The Kier molecular flexibility index (Phi) is 7.17. The average Bonchev–Trinajstić information content (AvgIpc) is 3.06. The van der Waals surface area contributed by atoms with Gasteiger partial charge in [-0.15, -0.1) is 11.3 Å². The van der Waals surface area contributed by atoms with E-state index in [0.717, 1.165) is 5.56 Å². The topological polar surface area (TPSA) is 107 Å². The van der Waals surface area contributed by atoms with Gasteiger partial charge in [-0.2, -0.15) is 0 Å². The number of nitrogens with one attached hydrogen (secondary N) is 1. The first-order valence-electron chi connectivity index (χ1n) is 7.89. The highest BCUT2D eigenvalue weighted by atomic mass is 32.1. The number of aromatic nitrogens is 1. The lowest BCUT2D eigenvalue weighted by atomic mass is 10.0. The summed E-state index contributed by atoms with van der Waals surface area (Å²) in [6.45, 7) is 3.10. The summed E-state index contributed by atoms with van der Waals surface area (Å²) in [5, 5.41) is 15.5. The number of esters is 1. The molecule has 2 rings (SSSR count). The van der Waals surface area contributed by atoms with Crippen LogP contribution in [0.25, 0.3) is 0 Å². The second-order valence-corrected chi connectivity index (χ2v) is 6.51. The molecule has 0 aliphatic carbocycles. The molecule has 0 radical (unpaired) electrons. The van der Waals surface area contributed by atoms with Crippen molar-refractivity contribution < 1.29 is 19.4 Å². The molecule has 136 valence electrons. The SMILES string of the molecule is COC(=O)COc1ccc(C(C)CNCC(O)c2csc(N)n2)cc1. The van der Waals surface area contributed by atoms with Crippen LogP contribution in [0, 0.1) is 0 Å². The van der Waals surface area contributed by atoms with E-state index < -0.39 is 12.1 Å². The van der Waals surface area contributed by atoms with E-state index in [2.05, 4.69) is 22.0 Å². The van der Waals surface area contributed by atoms with Crippen molar-refractivity contribution >= 4 is 22.4 Å². The Morgan fingerprint density at radius 3 is 2.68 bits per heavy atom. The summed E-state index contributed by atoms with van der Waals surface area (Å²) in [5.41, 5.74) is 7.29. The first-order valence-corrected chi connectivity index (χ1v) is 8.76. The van der Waals surface area contributed by atoms with E-state index in [0.29, 0.717) is 29.7 Å². The number of anilines is 1. The number of rotatable bonds is 9. The molecule has 0 saturated heterocycles. The van der Waals surface area contributed by atoms with Crippen molar-refractivity contribution in [2.24, 2.45) is 0 Å². The Bertz CT molecular complexity index is 675. The van der Waals surface area contributed by atoms with Crippen molar-refractivity contribution in [1.82, 2.24) is 10.3 Å². The molecule has 2 unspecified atom stereocenters. The second kappa shape index (κ2) is 9.36. The van der Waals surface area contributed by atoms with Gasteiger partial charge in [-0.05, 0) is 23.6 Å². The molecule has 2 aromatic rings. The number of benzene rings is 1. The van der Waals surface area contributed by atoms with Crippen LogP contribution in [-0.4, -0.2) is 42.9 Å².